The fourth-order valence-electron chi connectivity index (χ4n) is 3.66. The van der Waals surface area contributed by atoms with Gasteiger partial charge in [-0.25, -0.2) is 9.18 Å². The summed E-state index contributed by atoms with van der Waals surface area (Å²) < 4.78 is 14.0. The van der Waals surface area contributed by atoms with Crippen molar-refractivity contribution in [3.63, 3.8) is 0 Å². The number of carbonyl (C=O) groups is 1. The van der Waals surface area contributed by atoms with E-state index >= 15 is 0 Å². The molecular weight excluding hydrogens is 331 g/mol. The van der Waals surface area contributed by atoms with Crippen LogP contribution in [0.25, 0.3) is 0 Å². The smallest absolute Gasteiger partial charge is 0.322 e. The van der Waals surface area contributed by atoms with E-state index in [2.05, 4.69) is 15.5 Å². The van der Waals surface area contributed by atoms with Crippen molar-refractivity contribution in [2.24, 2.45) is 0 Å². The molecule has 1 fully saturated rings. The lowest BCUT2D eigenvalue weighted by Crippen LogP contribution is -2.50. The van der Waals surface area contributed by atoms with Gasteiger partial charge in [-0.15, -0.1) is 0 Å². The highest BCUT2D eigenvalue weighted by atomic mass is 19.1. The predicted octanol–water partition coefficient (Wildman–Crippen LogP) is 2.72. The van der Waals surface area contributed by atoms with Crippen molar-refractivity contribution in [1.29, 1.82) is 0 Å². The van der Waals surface area contributed by atoms with E-state index < -0.39 is 0 Å². The van der Waals surface area contributed by atoms with Crippen molar-refractivity contribution in [1.82, 2.24) is 10.6 Å². The zero-order valence-corrected chi connectivity index (χ0v) is 14.6. The van der Waals surface area contributed by atoms with Gasteiger partial charge < -0.3 is 15.5 Å². The summed E-state index contributed by atoms with van der Waals surface area (Å²) in [6.45, 7) is 3.50. The molecule has 2 amide bonds. The minimum Gasteiger partial charge on any atom is -0.364 e. The van der Waals surface area contributed by atoms with Gasteiger partial charge in [-0.2, -0.15) is 0 Å². The van der Waals surface area contributed by atoms with E-state index in [1.54, 1.807) is 11.0 Å². The number of fused-ring (bicyclic) bond motifs is 1. The molecule has 0 aromatic heterocycles. The largest absolute Gasteiger partial charge is 0.364 e. The Labute approximate surface area is 152 Å². The minimum absolute atomic E-state index is 0.0586. The summed E-state index contributed by atoms with van der Waals surface area (Å²) in [5.41, 5.74) is 2.50. The molecule has 26 heavy (non-hydrogen) atoms. The minimum atomic E-state index is -0.195. The number of rotatable bonds is 3. The van der Waals surface area contributed by atoms with Crippen LogP contribution in [0.2, 0.25) is 0 Å². The average molecular weight is 354 g/mol. The molecule has 0 spiro atoms. The molecule has 2 aliphatic heterocycles. The van der Waals surface area contributed by atoms with Gasteiger partial charge in [0.1, 0.15) is 5.82 Å². The van der Waals surface area contributed by atoms with Gasteiger partial charge in [0, 0.05) is 37.8 Å². The Bertz CT molecular complexity index is 791. The van der Waals surface area contributed by atoms with Gasteiger partial charge >= 0.3 is 6.03 Å². The van der Waals surface area contributed by atoms with Gasteiger partial charge in [0.05, 0.1) is 11.4 Å². The van der Waals surface area contributed by atoms with E-state index in [1.165, 1.54) is 6.07 Å². The molecule has 2 aliphatic rings. The molecule has 2 aromatic carbocycles. The second-order valence-corrected chi connectivity index (χ2v) is 6.79. The van der Waals surface area contributed by atoms with Crippen LogP contribution < -0.4 is 20.4 Å². The molecule has 0 aliphatic carbocycles. The van der Waals surface area contributed by atoms with Crippen molar-refractivity contribution >= 4 is 17.4 Å². The van der Waals surface area contributed by atoms with E-state index in [4.69, 9.17) is 0 Å². The van der Waals surface area contributed by atoms with E-state index in [9.17, 15) is 9.18 Å². The molecule has 6 heteroatoms. The molecule has 5 nitrogen and oxygen atoms in total. The summed E-state index contributed by atoms with van der Waals surface area (Å²) in [6.07, 6.45) is 0.959. The Morgan fingerprint density at radius 2 is 1.88 bits per heavy atom. The number of amides is 2. The first-order chi connectivity index (χ1) is 12.7. The number of hydrogen-bond acceptors (Lipinski definition) is 3. The molecule has 0 bridgehead atoms. The predicted molar refractivity (Wildman–Crippen MR) is 101 cm³/mol. The number of anilines is 2. The second kappa shape index (κ2) is 7.33. The van der Waals surface area contributed by atoms with Crippen molar-refractivity contribution in [3.8, 4) is 0 Å². The Balaban J connectivity index is 1.54. The van der Waals surface area contributed by atoms with Crippen molar-refractivity contribution in [2.75, 3.05) is 36.0 Å². The van der Waals surface area contributed by atoms with Gasteiger partial charge in [-0.05, 0) is 31.2 Å². The molecule has 0 saturated carbocycles. The van der Waals surface area contributed by atoms with Crippen molar-refractivity contribution < 1.29 is 9.18 Å². The highest BCUT2D eigenvalue weighted by Crippen LogP contribution is 2.34. The third-order valence-corrected chi connectivity index (χ3v) is 5.06. The monoisotopic (exact) mass is 354 g/mol. The Hall–Kier alpha value is -2.60. The molecule has 1 unspecified atom stereocenters. The van der Waals surface area contributed by atoms with Crippen molar-refractivity contribution in [2.45, 2.75) is 19.0 Å². The topological polar surface area (TPSA) is 47.6 Å². The van der Waals surface area contributed by atoms with Gasteiger partial charge in [0.15, 0.2) is 0 Å². The maximum atomic E-state index is 14.0. The molecule has 1 atom stereocenters. The number of carbonyl (C=O) groups excluding carboxylic acids is 1. The lowest BCUT2D eigenvalue weighted by atomic mass is 10.1. The third kappa shape index (κ3) is 3.37. The number of hydrogen-bond donors (Lipinski definition) is 2. The summed E-state index contributed by atoms with van der Waals surface area (Å²) in [5.74, 6) is -0.195. The van der Waals surface area contributed by atoms with Crippen LogP contribution in [0.3, 0.4) is 0 Å². The SMILES string of the molecule is O=C(NC1CCNC1)N1CCN(Cc2ccccc2F)c2ccccc21. The summed E-state index contributed by atoms with van der Waals surface area (Å²) in [6, 6.07) is 14.8. The van der Waals surface area contributed by atoms with Crippen LogP contribution in [0.4, 0.5) is 20.6 Å². The maximum Gasteiger partial charge on any atom is 0.322 e. The van der Waals surface area contributed by atoms with Gasteiger partial charge in [-0.1, -0.05) is 30.3 Å². The van der Waals surface area contributed by atoms with Crippen LogP contribution in [0.1, 0.15) is 12.0 Å². The summed E-state index contributed by atoms with van der Waals surface area (Å²) >= 11 is 0. The highest BCUT2D eigenvalue weighted by Gasteiger charge is 2.28. The summed E-state index contributed by atoms with van der Waals surface area (Å²) in [4.78, 5) is 16.7. The molecule has 4 rings (SSSR count). The number of nitrogens with one attached hydrogen (secondary N) is 2. The normalized spacial score (nSPS) is 19.3. The van der Waals surface area contributed by atoms with Crippen LogP contribution in [0.15, 0.2) is 48.5 Å². The lowest BCUT2D eigenvalue weighted by molar-refractivity contribution is 0.243. The summed E-state index contributed by atoms with van der Waals surface area (Å²) in [7, 11) is 0. The number of para-hydroxylation sites is 2. The van der Waals surface area contributed by atoms with Crippen LogP contribution in [-0.4, -0.2) is 38.3 Å². The van der Waals surface area contributed by atoms with Crippen LogP contribution >= 0.6 is 0 Å². The van der Waals surface area contributed by atoms with Gasteiger partial charge in [0.2, 0.25) is 0 Å². The van der Waals surface area contributed by atoms with E-state index in [0.717, 1.165) is 30.9 Å². The quantitative estimate of drug-likeness (QED) is 0.891. The molecule has 0 radical (unpaired) electrons. The summed E-state index contributed by atoms with van der Waals surface area (Å²) in [5, 5.41) is 6.37. The van der Waals surface area contributed by atoms with E-state index in [-0.39, 0.29) is 17.9 Å². The molecule has 2 N–H and O–H groups in total. The maximum absolute atomic E-state index is 14.0. The second-order valence-electron chi connectivity index (χ2n) is 6.79. The highest BCUT2D eigenvalue weighted by molar-refractivity contribution is 5.97. The van der Waals surface area contributed by atoms with E-state index in [0.29, 0.717) is 25.2 Å². The molecule has 1 saturated heterocycles. The number of benzene rings is 2. The van der Waals surface area contributed by atoms with Crippen LogP contribution in [0, 0.1) is 5.82 Å². The first-order valence-corrected chi connectivity index (χ1v) is 9.08. The van der Waals surface area contributed by atoms with Crippen LogP contribution in [0.5, 0.6) is 0 Å². The standard InChI is InChI=1S/C20H23FN4O/c21-17-6-2-1-5-15(17)14-24-11-12-25(19-8-4-3-7-18(19)24)20(26)23-16-9-10-22-13-16/h1-8,16,22H,9-14H2,(H,23,26). The van der Waals surface area contributed by atoms with Gasteiger partial charge in [-0.3, -0.25) is 4.90 Å². The number of halogens is 1. The van der Waals surface area contributed by atoms with Crippen molar-refractivity contribution in [3.05, 3.63) is 59.9 Å². The van der Waals surface area contributed by atoms with E-state index in [1.807, 2.05) is 36.4 Å². The average Bonchev–Trinajstić information content (AvgIpc) is 3.16. The molecule has 136 valence electrons. The van der Waals surface area contributed by atoms with Gasteiger partial charge in [0.25, 0.3) is 0 Å². The fourth-order valence-corrected chi connectivity index (χ4v) is 3.66. The van der Waals surface area contributed by atoms with Crippen LogP contribution in [-0.2, 0) is 6.54 Å². The third-order valence-electron chi connectivity index (χ3n) is 5.06. The Morgan fingerprint density at radius 3 is 2.65 bits per heavy atom. The zero-order valence-electron chi connectivity index (χ0n) is 14.6. The Kier molecular flexibility index (Phi) is 4.75. The first kappa shape index (κ1) is 16.8. The molecule has 2 aromatic rings. The molecule has 2 heterocycles. The zero-order chi connectivity index (χ0) is 17.9. The Morgan fingerprint density at radius 1 is 1.12 bits per heavy atom. The lowest BCUT2D eigenvalue weighted by Gasteiger charge is -2.38. The number of nitrogens with zero attached hydrogens (tertiary/aromatic N) is 2. The molecular formula is C20H23FN4O. The first-order valence-electron chi connectivity index (χ1n) is 9.08. The number of urea groups is 1. The fraction of sp³-hybridized carbons (Fsp3) is 0.350.